The van der Waals surface area contributed by atoms with E-state index in [0.717, 1.165) is 5.69 Å². The van der Waals surface area contributed by atoms with Gasteiger partial charge in [0.2, 0.25) is 11.9 Å². The van der Waals surface area contributed by atoms with Gasteiger partial charge in [0.05, 0.1) is 19.3 Å². The van der Waals surface area contributed by atoms with Gasteiger partial charge < -0.3 is 25.0 Å². The number of amides is 1. The number of rotatable bonds is 5. The molecule has 1 aliphatic heterocycles. The smallest absolute Gasteiger partial charge is 0.408 e. The minimum Gasteiger partial charge on any atom is -0.444 e. The van der Waals surface area contributed by atoms with Gasteiger partial charge in [-0.15, -0.1) is 0 Å². The lowest BCUT2D eigenvalue weighted by Gasteiger charge is -2.27. The summed E-state index contributed by atoms with van der Waals surface area (Å²) in [6, 6.07) is 6.75. The second-order valence-electron chi connectivity index (χ2n) is 7.92. The monoisotopic (exact) mass is 434 g/mol. The minimum absolute atomic E-state index is 0.377. The molecule has 2 aromatic rings. The molecule has 0 bridgehead atoms. The standard InChI is InChI=1S/C20H27ClN6O3/c1-13(22-19(28)30-20(2,3)4)16-24-17(23-15-7-5-14(21)6-8-15)26-18(25-16)27-9-11-29-12-10-27/h5-8,13H,9-12H2,1-4H3,(H,22,28)(H,23,24,25,26). The molecule has 0 saturated carbocycles. The molecule has 3 rings (SSSR count). The number of nitrogens with zero attached hydrogens (tertiary/aromatic N) is 4. The van der Waals surface area contributed by atoms with Crippen molar-refractivity contribution in [3.63, 3.8) is 0 Å². The second-order valence-corrected chi connectivity index (χ2v) is 8.35. The Kier molecular flexibility index (Phi) is 6.94. The van der Waals surface area contributed by atoms with Crippen LogP contribution >= 0.6 is 11.6 Å². The first-order valence-corrected chi connectivity index (χ1v) is 10.2. The van der Waals surface area contributed by atoms with Gasteiger partial charge in [-0.1, -0.05) is 11.6 Å². The van der Waals surface area contributed by atoms with Crippen molar-refractivity contribution in [3.8, 4) is 0 Å². The van der Waals surface area contributed by atoms with Crippen LogP contribution in [0.15, 0.2) is 24.3 Å². The zero-order valence-electron chi connectivity index (χ0n) is 17.6. The van der Waals surface area contributed by atoms with Crippen LogP contribution in [0.25, 0.3) is 0 Å². The van der Waals surface area contributed by atoms with Gasteiger partial charge in [-0.05, 0) is 52.0 Å². The summed E-state index contributed by atoms with van der Waals surface area (Å²) in [6.45, 7) is 9.80. The number of anilines is 3. The number of alkyl carbamates (subject to hydrolysis) is 1. The Balaban J connectivity index is 1.84. The molecule has 162 valence electrons. The first kappa shape index (κ1) is 22.0. The molecular weight excluding hydrogens is 408 g/mol. The number of carbonyl (C=O) groups excluding carboxylic acids is 1. The molecule has 1 aliphatic rings. The Morgan fingerprint density at radius 2 is 1.83 bits per heavy atom. The summed E-state index contributed by atoms with van der Waals surface area (Å²) in [4.78, 5) is 27.8. The summed E-state index contributed by atoms with van der Waals surface area (Å²) in [6.07, 6.45) is -0.532. The number of halogens is 1. The molecule has 2 N–H and O–H groups in total. The highest BCUT2D eigenvalue weighted by atomic mass is 35.5. The Bertz CT molecular complexity index is 866. The normalized spacial score (nSPS) is 15.4. The molecular formula is C20H27ClN6O3. The topological polar surface area (TPSA) is 102 Å². The number of hydrogen-bond donors (Lipinski definition) is 2. The number of morpholine rings is 1. The Labute approximate surface area is 181 Å². The van der Waals surface area contributed by atoms with Gasteiger partial charge in [0.1, 0.15) is 5.60 Å². The Morgan fingerprint density at radius 3 is 2.47 bits per heavy atom. The van der Waals surface area contributed by atoms with Crippen LogP contribution in [0, 0.1) is 0 Å². The van der Waals surface area contributed by atoms with Gasteiger partial charge in [-0.25, -0.2) is 4.79 Å². The van der Waals surface area contributed by atoms with Crippen LogP contribution in [-0.4, -0.2) is 52.9 Å². The summed E-state index contributed by atoms with van der Waals surface area (Å²) >= 11 is 5.96. The number of ether oxygens (including phenoxy) is 2. The lowest BCUT2D eigenvalue weighted by molar-refractivity contribution is 0.0505. The fraction of sp³-hybridized carbons (Fsp3) is 0.500. The molecule has 10 heteroatoms. The van der Waals surface area contributed by atoms with E-state index in [-0.39, 0.29) is 0 Å². The van der Waals surface area contributed by atoms with Gasteiger partial charge in [-0.3, -0.25) is 0 Å². The maximum atomic E-state index is 12.2. The van der Waals surface area contributed by atoms with Crippen molar-refractivity contribution >= 4 is 35.3 Å². The molecule has 1 aromatic heterocycles. The van der Waals surface area contributed by atoms with Gasteiger partial charge in [0.15, 0.2) is 5.82 Å². The van der Waals surface area contributed by atoms with Crippen LogP contribution in [0.5, 0.6) is 0 Å². The molecule has 9 nitrogen and oxygen atoms in total. The van der Waals surface area contributed by atoms with Crippen LogP contribution in [-0.2, 0) is 9.47 Å². The average Bonchev–Trinajstić information content (AvgIpc) is 2.68. The largest absolute Gasteiger partial charge is 0.444 e. The van der Waals surface area contributed by atoms with Crippen molar-refractivity contribution in [2.75, 3.05) is 36.5 Å². The van der Waals surface area contributed by atoms with Gasteiger partial charge in [-0.2, -0.15) is 15.0 Å². The zero-order valence-corrected chi connectivity index (χ0v) is 18.4. The molecule has 1 saturated heterocycles. The molecule has 0 aliphatic carbocycles. The number of benzene rings is 1. The van der Waals surface area contributed by atoms with E-state index in [9.17, 15) is 4.79 Å². The predicted molar refractivity (Wildman–Crippen MR) is 115 cm³/mol. The van der Waals surface area contributed by atoms with Crippen LogP contribution in [0.4, 0.5) is 22.4 Å². The number of hydrogen-bond acceptors (Lipinski definition) is 8. The molecule has 1 fully saturated rings. The van der Waals surface area contributed by atoms with Crippen LogP contribution < -0.4 is 15.5 Å². The molecule has 2 heterocycles. The molecule has 1 unspecified atom stereocenters. The van der Waals surface area contributed by atoms with Crippen molar-refractivity contribution in [1.82, 2.24) is 20.3 Å². The van der Waals surface area contributed by atoms with Crippen molar-refractivity contribution in [2.45, 2.75) is 39.3 Å². The highest BCUT2D eigenvalue weighted by molar-refractivity contribution is 6.30. The van der Waals surface area contributed by atoms with E-state index < -0.39 is 17.7 Å². The minimum atomic E-state index is -0.594. The SMILES string of the molecule is CC(NC(=O)OC(C)(C)C)c1nc(Nc2ccc(Cl)cc2)nc(N2CCOCC2)n1. The van der Waals surface area contributed by atoms with Crippen LogP contribution in [0.1, 0.15) is 39.6 Å². The molecule has 1 aromatic carbocycles. The summed E-state index contributed by atoms with van der Waals surface area (Å²) in [5.41, 5.74) is 0.195. The van der Waals surface area contributed by atoms with E-state index in [4.69, 9.17) is 21.1 Å². The van der Waals surface area contributed by atoms with E-state index in [1.807, 2.05) is 37.8 Å². The third-order valence-corrected chi connectivity index (χ3v) is 4.41. The van der Waals surface area contributed by atoms with Crippen molar-refractivity contribution < 1.29 is 14.3 Å². The lowest BCUT2D eigenvalue weighted by Crippen LogP contribution is -2.38. The second kappa shape index (κ2) is 9.44. The Morgan fingerprint density at radius 1 is 1.17 bits per heavy atom. The molecule has 1 amide bonds. The third-order valence-electron chi connectivity index (χ3n) is 4.16. The van der Waals surface area contributed by atoms with Gasteiger partial charge >= 0.3 is 6.09 Å². The van der Waals surface area contributed by atoms with E-state index in [0.29, 0.717) is 49.0 Å². The highest BCUT2D eigenvalue weighted by Gasteiger charge is 2.22. The van der Waals surface area contributed by atoms with E-state index in [1.165, 1.54) is 0 Å². The van der Waals surface area contributed by atoms with Crippen molar-refractivity contribution in [1.29, 1.82) is 0 Å². The van der Waals surface area contributed by atoms with Crippen LogP contribution in [0.3, 0.4) is 0 Å². The number of nitrogens with one attached hydrogen (secondary N) is 2. The van der Waals surface area contributed by atoms with Gasteiger partial charge in [0.25, 0.3) is 0 Å². The lowest BCUT2D eigenvalue weighted by atomic mass is 10.2. The fourth-order valence-corrected chi connectivity index (χ4v) is 2.87. The van der Waals surface area contributed by atoms with Crippen LogP contribution in [0.2, 0.25) is 5.02 Å². The number of carbonyl (C=O) groups is 1. The quantitative estimate of drug-likeness (QED) is 0.734. The molecule has 0 spiro atoms. The summed E-state index contributed by atoms with van der Waals surface area (Å²) in [7, 11) is 0. The zero-order chi connectivity index (χ0) is 21.7. The Hall–Kier alpha value is -2.65. The predicted octanol–water partition coefficient (Wildman–Crippen LogP) is 3.69. The number of aromatic nitrogens is 3. The maximum Gasteiger partial charge on any atom is 0.408 e. The van der Waals surface area contributed by atoms with Gasteiger partial charge in [0, 0.05) is 23.8 Å². The molecule has 1 atom stereocenters. The maximum absolute atomic E-state index is 12.2. The molecule has 0 radical (unpaired) electrons. The van der Waals surface area contributed by atoms with Crippen molar-refractivity contribution in [2.24, 2.45) is 0 Å². The highest BCUT2D eigenvalue weighted by Crippen LogP contribution is 2.21. The summed E-state index contributed by atoms with van der Waals surface area (Å²) in [5, 5.41) is 6.59. The van der Waals surface area contributed by atoms with E-state index in [2.05, 4.69) is 25.6 Å². The third kappa shape index (κ3) is 6.43. The average molecular weight is 435 g/mol. The summed E-state index contributed by atoms with van der Waals surface area (Å²) < 4.78 is 10.8. The summed E-state index contributed by atoms with van der Waals surface area (Å²) in [5.74, 6) is 1.33. The molecule has 30 heavy (non-hydrogen) atoms. The van der Waals surface area contributed by atoms with E-state index in [1.54, 1.807) is 19.1 Å². The first-order chi connectivity index (χ1) is 14.2. The van der Waals surface area contributed by atoms with Crippen molar-refractivity contribution in [3.05, 3.63) is 35.1 Å². The first-order valence-electron chi connectivity index (χ1n) is 9.80. The van der Waals surface area contributed by atoms with E-state index >= 15 is 0 Å². The fourth-order valence-electron chi connectivity index (χ4n) is 2.75.